The number of nitrogens with zero attached hydrogens (tertiary/aromatic N) is 2. The minimum absolute atomic E-state index is 0.0476. The number of carbonyl (C=O) groups is 1. The Kier molecular flexibility index (Phi) is 3.72. The second kappa shape index (κ2) is 5.78. The van der Waals surface area contributed by atoms with E-state index in [1.807, 2.05) is 11.9 Å². The van der Waals surface area contributed by atoms with E-state index in [1.165, 1.54) is 27.6 Å². The highest BCUT2D eigenvalue weighted by Crippen LogP contribution is 2.40. The Morgan fingerprint density at radius 2 is 2.25 bits per heavy atom. The van der Waals surface area contributed by atoms with Crippen LogP contribution in [-0.4, -0.2) is 53.9 Å². The molecule has 0 fully saturated rings. The van der Waals surface area contributed by atoms with Crippen LogP contribution >= 0.6 is 0 Å². The van der Waals surface area contributed by atoms with Crippen molar-refractivity contribution in [3.05, 3.63) is 41.6 Å². The summed E-state index contributed by atoms with van der Waals surface area (Å²) < 4.78 is 0. The Morgan fingerprint density at radius 3 is 3.04 bits per heavy atom. The molecule has 0 spiro atoms. The van der Waals surface area contributed by atoms with Crippen LogP contribution in [-0.2, 0) is 11.2 Å². The monoisotopic (exact) mass is 323 g/mol. The van der Waals surface area contributed by atoms with Gasteiger partial charge in [-0.1, -0.05) is 25.1 Å². The van der Waals surface area contributed by atoms with Gasteiger partial charge in [0.15, 0.2) is 0 Å². The standard InChI is InChI=1S/C20H25N3O/c1-4-8-22(2)20(24)14-9-16-15-6-5-7-17-19(15)13(11-21-17)10-18(16)23(3)12-14/h5-7,9,11,14,18,21H,4,8,10,12H2,1-3H3/t14?,18-/m1/s1. The first-order valence-electron chi connectivity index (χ1n) is 8.86. The number of hydrogen-bond donors (Lipinski definition) is 1. The molecule has 2 aliphatic rings. The summed E-state index contributed by atoms with van der Waals surface area (Å²) in [6.07, 6.45) is 6.40. The molecule has 0 bridgehead atoms. The molecule has 126 valence electrons. The molecule has 1 N–H and O–H groups in total. The number of fused-ring (bicyclic) bond motifs is 2. The van der Waals surface area contributed by atoms with E-state index in [4.69, 9.17) is 0 Å². The number of benzene rings is 1. The number of hydrogen-bond acceptors (Lipinski definition) is 2. The first-order valence-corrected chi connectivity index (χ1v) is 8.86. The van der Waals surface area contributed by atoms with Crippen LogP contribution in [0.5, 0.6) is 0 Å². The summed E-state index contributed by atoms with van der Waals surface area (Å²) in [5, 5.41) is 1.34. The molecule has 4 rings (SSSR count). The normalized spacial score (nSPS) is 23.0. The zero-order valence-corrected chi connectivity index (χ0v) is 14.7. The van der Waals surface area contributed by atoms with Gasteiger partial charge in [-0.05, 0) is 42.7 Å². The van der Waals surface area contributed by atoms with E-state index in [0.29, 0.717) is 6.04 Å². The fourth-order valence-corrected chi connectivity index (χ4v) is 4.33. The smallest absolute Gasteiger partial charge is 0.230 e. The molecule has 24 heavy (non-hydrogen) atoms. The maximum atomic E-state index is 12.8. The molecule has 4 nitrogen and oxygen atoms in total. The molecule has 2 aromatic rings. The van der Waals surface area contributed by atoms with Crippen LogP contribution in [0.1, 0.15) is 24.5 Å². The Balaban J connectivity index is 1.77. The Labute approximate surface area is 143 Å². The van der Waals surface area contributed by atoms with E-state index < -0.39 is 0 Å². The van der Waals surface area contributed by atoms with Crippen LogP contribution in [0.2, 0.25) is 0 Å². The van der Waals surface area contributed by atoms with Crippen LogP contribution < -0.4 is 0 Å². The van der Waals surface area contributed by atoms with E-state index in [1.54, 1.807) is 0 Å². The number of likely N-dealkylation sites (N-methyl/N-ethyl adjacent to an activating group) is 1. The summed E-state index contributed by atoms with van der Waals surface area (Å²) in [4.78, 5) is 20.4. The van der Waals surface area contributed by atoms with Crippen molar-refractivity contribution in [2.45, 2.75) is 25.8 Å². The van der Waals surface area contributed by atoms with Crippen molar-refractivity contribution in [2.75, 3.05) is 27.2 Å². The first kappa shape index (κ1) is 15.5. The molecule has 0 saturated heterocycles. The van der Waals surface area contributed by atoms with Gasteiger partial charge in [-0.2, -0.15) is 0 Å². The SMILES string of the molecule is CCCN(C)C(=O)C1C=C2c3cccc4[nH]cc(c34)C[C@H]2N(C)C1. The molecule has 1 aromatic heterocycles. The van der Waals surface area contributed by atoms with Gasteiger partial charge in [0.25, 0.3) is 0 Å². The number of rotatable bonds is 3. The van der Waals surface area contributed by atoms with E-state index in [0.717, 1.165) is 25.9 Å². The lowest BCUT2D eigenvalue weighted by molar-refractivity contribution is -0.133. The molecule has 1 aromatic carbocycles. The lowest BCUT2D eigenvalue weighted by Gasteiger charge is -2.40. The quantitative estimate of drug-likeness (QED) is 0.943. The van der Waals surface area contributed by atoms with Gasteiger partial charge in [0, 0.05) is 43.3 Å². The van der Waals surface area contributed by atoms with Crippen LogP contribution in [0.15, 0.2) is 30.5 Å². The lowest BCUT2D eigenvalue weighted by Crippen LogP contribution is -2.47. The van der Waals surface area contributed by atoms with Crippen molar-refractivity contribution in [1.82, 2.24) is 14.8 Å². The average molecular weight is 323 g/mol. The molecule has 1 aliphatic carbocycles. The predicted molar refractivity (Wildman–Crippen MR) is 97.8 cm³/mol. The Hall–Kier alpha value is -2.07. The van der Waals surface area contributed by atoms with Crippen molar-refractivity contribution in [3.63, 3.8) is 0 Å². The van der Waals surface area contributed by atoms with Crippen molar-refractivity contribution in [3.8, 4) is 0 Å². The van der Waals surface area contributed by atoms with Gasteiger partial charge < -0.3 is 9.88 Å². The lowest BCUT2D eigenvalue weighted by atomic mass is 9.79. The summed E-state index contributed by atoms with van der Waals surface area (Å²) in [5.74, 6) is 0.190. The third-order valence-corrected chi connectivity index (χ3v) is 5.52. The summed E-state index contributed by atoms with van der Waals surface area (Å²) in [7, 11) is 4.07. The van der Waals surface area contributed by atoms with Crippen LogP contribution in [0, 0.1) is 5.92 Å². The van der Waals surface area contributed by atoms with Gasteiger partial charge in [0.1, 0.15) is 0 Å². The van der Waals surface area contributed by atoms with Crippen molar-refractivity contribution < 1.29 is 4.79 Å². The van der Waals surface area contributed by atoms with Gasteiger partial charge >= 0.3 is 0 Å². The van der Waals surface area contributed by atoms with E-state index in [9.17, 15) is 4.79 Å². The maximum absolute atomic E-state index is 12.8. The van der Waals surface area contributed by atoms with Gasteiger partial charge in [-0.15, -0.1) is 0 Å². The summed E-state index contributed by atoms with van der Waals surface area (Å²) in [6.45, 7) is 3.74. The van der Waals surface area contributed by atoms with Crippen LogP contribution in [0.3, 0.4) is 0 Å². The highest BCUT2D eigenvalue weighted by Gasteiger charge is 2.36. The minimum Gasteiger partial charge on any atom is -0.361 e. The number of aromatic nitrogens is 1. The first-order chi connectivity index (χ1) is 11.6. The van der Waals surface area contributed by atoms with E-state index in [-0.39, 0.29) is 11.8 Å². The topological polar surface area (TPSA) is 39.3 Å². The number of nitrogens with one attached hydrogen (secondary N) is 1. The number of amides is 1. The van der Waals surface area contributed by atoms with Gasteiger partial charge in [0.05, 0.1) is 5.92 Å². The molecular weight excluding hydrogens is 298 g/mol. The third kappa shape index (κ3) is 2.28. The Morgan fingerprint density at radius 1 is 1.42 bits per heavy atom. The Bertz CT molecular complexity index is 819. The number of aromatic amines is 1. The second-order valence-corrected chi connectivity index (χ2v) is 7.19. The molecule has 0 radical (unpaired) electrons. The van der Waals surface area contributed by atoms with Crippen molar-refractivity contribution in [1.29, 1.82) is 0 Å². The largest absolute Gasteiger partial charge is 0.361 e. The molecular formula is C20H25N3O. The summed E-state index contributed by atoms with van der Waals surface area (Å²) >= 11 is 0. The van der Waals surface area contributed by atoms with Crippen molar-refractivity contribution in [2.24, 2.45) is 5.92 Å². The zero-order valence-electron chi connectivity index (χ0n) is 14.7. The van der Waals surface area contributed by atoms with E-state index >= 15 is 0 Å². The minimum atomic E-state index is -0.0476. The van der Waals surface area contributed by atoms with Crippen LogP contribution in [0.4, 0.5) is 0 Å². The van der Waals surface area contributed by atoms with E-state index in [2.05, 4.69) is 54.3 Å². The molecule has 4 heteroatoms. The molecule has 1 unspecified atom stereocenters. The van der Waals surface area contributed by atoms with Gasteiger partial charge in [0.2, 0.25) is 5.91 Å². The number of carbonyl (C=O) groups excluding carboxylic acids is 1. The summed E-state index contributed by atoms with van der Waals surface area (Å²) in [5.41, 5.74) is 5.20. The summed E-state index contributed by atoms with van der Waals surface area (Å²) in [6, 6.07) is 6.82. The van der Waals surface area contributed by atoms with Gasteiger partial charge in [-0.3, -0.25) is 9.69 Å². The molecule has 0 saturated carbocycles. The fraction of sp³-hybridized carbons (Fsp3) is 0.450. The highest BCUT2D eigenvalue weighted by atomic mass is 16.2. The molecule has 1 aliphatic heterocycles. The maximum Gasteiger partial charge on any atom is 0.230 e. The predicted octanol–water partition coefficient (Wildman–Crippen LogP) is 2.91. The van der Waals surface area contributed by atoms with Crippen molar-refractivity contribution >= 4 is 22.4 Å². The zero-order chi connectivity index (χ0) is 16.8. The van der Waals surface area contributed by atoms with Crippen LogP contribution in [0.25, 0.3) is 16.5 Å². The second-order valence-electron chi connectivity index (χ2n) is 7.19. The number of H-pyrrole nitrogens is 1. The fourth-order valence-electron chi connectivity index (χ4n) is 4.33. The van der Waals surface area contributed by atoms with Gasteiger partial charge in [-0.25, -0.2) is 0 Å². The average Bonchev–Trinajstić information content (AvgIpc) is 3.00. The molecule has 2 heterocycles. The highest BCUT2D eigenvalue weighted by molar-refractivity contribution is 5.99. The molecule has 1 amide bonds. The molecule has 2 atom stereocenters. The third-order valence-electron chi connectivity index (χ3n) is 5.52.